The summed E-state index contributed by atoms with van der Waals surface area (Å²) >= 11 is 0. The van der Waals surface area contributed by atoms with Crippen molar-refractivity contribution in [2.24, 2.45) is 0 Å². The van der Waals surface area contributed by atoms with Crippen LogP contribution in [0.4, 0.5) is 5.69 Å². The summed E-state index contributed by atoms with van der Waals surface area (Å²) in [4.78, 5) is 48.9. The van der Waals surface area contributed by atoms with Gasteiger partial charge in [-0.25, -0.2) is 0 Å². The summed E-state index contributed by atoms with van der Waals surface area (Å²) in [6.45, 7) is 4.91. The standard InChI is InChI=1S/C24H27N3O4.CH2O2/c1-15(28)26-23(2,3)22(30)27-13-12-24(18-10-5-6-11-19(18)25-21(24)29)20(27)16-8-7-9-17(14-16)31-4;2-1-3/h5-11,14,20H,12-13H2,1-4H3,(H,25,29)(H,26,28);1H,(H,2,3)/t20-,24+;/m0./s1. The highest BCUT2D eigenvalue weighted by atomic mass is 16.5. The lowest BCUT2D eigenvalue weighted by molar-refractivity contribution is -0.142. The van der Waals surface area contributed by atoms with Crippen molar-refractivity contribution in [1.82, 2.24) is 10.2 Å². The Morgan fingerprint density at radius 2 is 1.91 bits per heavy atom. The number of para-hydroxylation sites is 1. The second-order valence-corrected chi connectivity index (χ2v) is 8.81. The van der Waals surface area contributed by atoms with E-state index in [0.29, 0.717) is 18.7 Å². The first-order chi connectivity index (χ1) is 16.1. The number of carbonyl (C=O) groups is 4. The normalized spacial score (nSPS) is 20.6. The smallest absolute Gasteiger partial charge is 0.290 e. The van der Waals surface area contributed by atoms with E-state index in [9.17, 15) is 14.4 Å². The molecule has 3 amide bonds. The van der Waals surface area contributed by atoms with Gasteiger partial charge in [-0.2, -0.15) is 0 Å². The first-order valence-corrected chi connectivity index (χ1v) is 10.8. The van der Waals surface area contributed by atoms with Gasteiger partial charge < -0.3 is 25.4 Å². The maximum absolute atomic E-state index is 13.6. The van der Waals surface area contributed by atoms with E-state index in [1.165, 1.54) is 6.92 Å². The largest absolute Gasteiger partial charge is 0.497 e. The molecule has 1 saturated heterocycles. The zero-order chi connectivity index (χ0) is 25.1. The fourth-order valence-electron chi connectivity index (χ4n) is 5.03. The van der Waals surface area contributed by atoms with Gasteiger partial charge in [-0.15, -0.1) is 0 Å². The Morgan fingerprint density at radius 3 is 2.56 bits per heavy atom. The van der Waals surface area contributed by atoms with Crippen LogP contribution in [0.1, 0.15) is 44.4 Å². The molecule has 2 atom stereocenters. The molecule has 0 bridgehead atoms. The second kappa shape index (κ2) is 9.54. The van der Waals surface area contributed by atoms with Crippen molar-refractivity contribution in [2.45, 2.75) is 44.2 Å². The monoisotopic (exact) mass is 467 g/mol. The van der Waals surface area contributed by atoms with E-state index in [0.717, 1.165) is 16.8 Å². The molecule has 2 aromatic rings. The highest BCUT2D eigenvalue weighted by Gasteiger charge is 2.60. The summed E-state index contributed by atoms with van der Waals surface area (Å²) in [5.41, 5.74) is 0.459. The number of carbonyl (C=O) groups excluding carboxylic acids is 3. The fraction of sp³-hybridized carbons (Fsp3) is 0.360. The number of ether oxygens (including phenoxy) is 1. The number of nitrogens with zero attached hydrogens (tertiary/aromatic N) is 1. The molecule has 2 aliphatic rings. The molecule has 2 aliphatic heterocycles. The molecule has 180 valence electrons. The number of methoxy groups -OCH3 is 1. The van der Waals surface area contributed by atoms with E-state index in [-0.39, 0.29) is 24.2 Å². The van der Waals surface area contributed by atoms with Crippen LogP contribution >= 0.6 is 0 Å². The van der Waals surface area contributed by atoms with Crippen LogP contribution in [0, 0.1) is 0 Å². The van der Waals surface area contributed by atoms with Gasteiger partial charge >= 0.3 is 0 Å². The van der Waals surface area contributed by atoms with Crippen molar-refractivity contribution in [1.29, 1.82) is 0 Å². The summed E-state index contributed by atoms with van der Waals surface area (Å²) in [5.74, 6) is 0.0210. The van der Waals surface area contributed by atoms with Gasteiger partial charge in [-0.05, 0) is 49.6 Å². The van der Waals surface area contributed by atoms with Gasteiger partial charge in [0.2, 0.25) is 17.7 Å². The lowest BCUT2D eigenvalue weighted by Gasteiger charge is -2.38. The number of benzene rings is 2. The van der Waals surface area contributed by atoms with Gasteiger partial charge in [0.15, 0.2) is 0 Å². The van der Waals surface area contributed by atoms with Crippen LogP contribution in [0.15, 0.2) is 48.5 Å². The third kappa shape index (κ3) is 4.21. The minimum Gasteiger partial charge on any atom is -0.497 e. The minimum atomic E-state index is -1.11. The van der Waals surface area contributed by atoms with Gasteiger partial charge in [0, 0.05) is 19.2 Å². The van der Waals surface area contributed by atoms with Gasteiger partial charge in [-0.1, -0.05) is 30.3 Å². The molecule has 4 rings (SSSR count). The van der Waals surface area contributed by atoms with Gasteiger partial charge in [0.1, 0.15) is 16.7 Å². The topological polar surface area (TPSA) is 125 Å². The van der Waals surface area contributed by atoms with Crippen molar-refractivity contribution < 1.29 is 29.0 Å². The number of rotatable bonds is 4. The van der Waals surface area contributed by atoms with Crippen LogP contribution in [0.3, 0.4) is 0 Å². The Balaban J connectivity index is 0.00000103. The molecule has 34 heavy (non-hydrogen) atoms. The van der Waals surface area contributed by atoms with Crippen molar-refractivity contribution in [3.05, 3.63) is 59.7 Å². The Morgan fingerprint density at radius 1 is 1.24 bits per heavy atom. The van der Waals surface area contributed by atoms with Crippen molar-refractivity contribution in [3.63, 3.8) is 0 Å². The third-order valence-corrected chi connectivity index (χ3v) is 6.28. The van der Waals surface area contributed by atoms with E-state index in [2.05, 4.69) is 10.6 Å². The Kier molecular flexibility index (Phi) is 6.95. The summed E-state index contributed by atoms with van der Waals surface area (Å²) in [5, 5.41) is 12.6. The van der Waals surface area contributed by atoms with Crippen LogP contribution in [0.25, 0.3) is 0 Å². The molecule has 1 fully saturated rings. The lowest BCUT2D eigenvalue weighted by Crippen LogP contribution is -2.56. The number of nitrogens with one attached hydrogen (secondary N) is 2. The zero-order valence-corrected chi connectivity index (χ0v) is 19.6. The average Bonchev–Trinajstić information content (AvgIpc) is 3.32. The maximum Gasteiger partial charge on any atom is 0.290 e. The number of amides is 3. The number of hydrogen-bond donors (Lipinski definition) is 3. The van der Waals surface area contributed by atoms with Gasteiger partial charge in [0.05, 0.1) is 13.2 Å². The third-order valence-electron chi connectivity index (χ3n) is 6.28. The minimum absolute atomic E-state index is 0.117. The number of anilines is 1. The fourth-order valence-corrected chi connectivity index (χ4v) is 5.03. The predicted molar refractivity (Wildman–Crippen MR) is 125 cm³/mol. The predicted octanol–water partition coefficient (Wildman–Crippen LogP) is 2.47. The summed E-state index contributed by atoms with van der Waals surface area (Å²) < 4.78 is 5.42. The summed E-state index contributed by atoms with van der Waals surface area (Å²) in [6.07, 6.45) is 0.486. The van der Waals surface area contributed by atoms with E-state index < -0.39 is 17.0 Å². The van der Waals surface area contributed by atoms with E-state index in [1.807, 2.05) is 48.5 Å². The summed E-state index contributed by atoms with van der Waals surface area (Å²) in [6, 6.07) is 14.6. The van der Waals surface area contributed by atoms with Gasteiger partial charge in [0.25, 0.3) is 6.47 Å². The van der Waals surface area contributed by atoms with Gasteiger partial charge in [-0.3, -0.25) is 19.2 Å². The first-order valence-electron chi connectivity index (χ1n) is 10.8. The average molecular weight is 468 g/mol. The van der Waals surface area contributed by atoms with Crippen LogP contribution in [0.5, 0.6) is 5.75 Å². The molecular weight excluding hydrogens is 438 g/mol. The van der Waals surface area contributed by atoms with Crippen molar-refractivity contribution in [2.75, 3.05) is 19.0 Å². The number of hydrogen-bond acceptors (Lipinski definition) is 5. The maximum atomic E-state index is 13.6. The van der Waals surface area contributed by atoms with Crippen LogP contribution in [-0.4, -0.2) is 53.4 Å². The number of fused-ring (bicyclic) bond motifs is 2. The highest BCUT2D eigenvalue weighted by molar-refractivity contribution is 6.08. The Labute approximate surface area is 198 Å². The number of likely N-dealkylation sites (tertiary alicyclic amines) is 1. The van der Waals surface area contributed by atoms with Crippen LogP contribution < -0.4 is 15.4 Å². The van der Waals surface area contributed by atoms with E-state index in [4.69, 9.17) is 14.6 Å². The van der Waals surface area contributed by atoms with Crippen LogP contribution in [-0.2, 0) is 24.6 Å². The molecule has 2 heterocycles. The van der Waals surface area contributed by atoms with E-state index in [1.54, 1.807) is 25.9 Å². The molecule has 0 radical (unpaired) electrons. The second-order valence-electron chi connectivity index (χ2n) is 8.81. The lowest BCUT2D eigenvalue weighted by atomic mass is 9.72. The molecule has 2 aromatic carbocycles. The molecule has 1 spiro atoms. The SMILES string of the molecule is COc1cccc([C@@H]2N(C(=O)C(C)(C)NC(C)=O)CC[C@]23C(=O)Nc2ccccc23)c1.O=CO. The van der Waals surface area contributed by atoms with Crippen molar-refractivity contribution in [3.8, 4) is 5.75 Å². The van der Waals surface area contributed by atoms with Crippen molar-refractivity contribution >= 4 is 29.9 Å². The molecule has 0 aliphatic carbocycles. The Hall–Kier alpha value is -3.88. The zero-order valence-electron chi connectivity index (χ0n) is 19.6. The molecule has 3 N–H and O–H groups in total. The number of carboxylic acid groups (broad SMARTS) is 1. The molecular formula is C25H29N3O6. The molecule has 0 aromatic heterocycles. The quantitative estimate of drug-likeness (QED) is 0.594. The highest BCUT2D eigenvalue weighted by Crippen LogP contribution is 2.55. The van der Waals surface area contributed by atoms with Crippen LogP contribution in [0.2, 0.25) is 0 Å². The first kappa shape index (κ1) is 24.8. The van der Waals surface area contributed by atoms with E-state index >= 15 is 0 Å². The molecule has 9 nitrogen and oxygen atoms in total. The molecule has 9 heteroatoms. The molecule has 0 unspecified atom stereocenters. The Bertz CT molecular complexity index is 1120. The molecule has 0 saturated carbocycles. The summed E-state index contributed by atoms with van der Waals surface area (Å²) in [7, 11) is 1.59.